The Morgan fingerprint density at radius 3 is 2.65 bits per heavy atom. The molecular weight excluding hydrogens is 378 g/mol. The Kier molecular flexibility index (Phi) is 4.49. The maximum atomic E-state index is 12.3. The maximum Gasteiger partial charge on any atom is 0.276 e. The summed E-state index contributed by atoms with van der Waals surface area (Å²) in [5.74, 6) is 0.499. The molecule has 0 aliphatic carbocycles. The zero-order valence-corrected chi connectivity index (χ0v) is 14.9. The molecule has 118 valence electrons. The molecule has 0 fully saturated rings. The highest BCUT2D eigenvalue weighted by Crippen LogP contribution is 2.30. The summed E-state index contributed by atoms with van der Waals surface area (Å²) in [5, 5.41) is 9.13. The summed E-state index contributed by atoms with van der Waals surface area (Å²) in [6.07, 6.45) is 0. The predicted octanol–water partition coefficient (Wildman–Crippen LogP) is 4.17. The van der Waals surface area contributed by atoms with Crippen LogP contribution in [0.2, 0.25) is 0 Å². The number of benzene rings is 1. The van der Waals surface area contributed by atoms with E-state index in [1.807, 2.05) is 18.5 Å². The summed E-state index contributed by atoms with van der Waals surface area (Å²) in [6.45, 7) is 0. The van der Waals surface area contributed by atoms with Crippen molar-refractivity contribution in [1.29, 1.82) is 0 Å². The molecule has 0 aliphatic rings. The van der Waals surface area contributed by atoms with Crippen LogP contribution < -0.4 is 10.1 Å². The number of anilines is 1. The van der Waals surface area contributed by atoms with E-state index in [1.165, 1.54) is 0 Å². The van der Waals surface area contributed by atoms with Gasteiger partial charge in [-0.15, -0.1) is 11.3 Å². The number of carbonyl (C=O) groups excluding carboxylic acids is 1. The Balaban J connectivity index is 1.79. The van der Waals surface area contributed by atoms with Crippen LogP contribution in [0.25, 0.3) is 10.6 Å². The van der Waals surface area contributed by atoms with Crippen molar-refractivity contribution in [3.8, 4) is 16.3 Å². The fourth-order valence-electron chi connectivity index (χ4n) is 2.13. The van der Waals surface area contributed by atoms with Crippen LogP contribution in [-0.4, -0.2) is 22.8 Å². The third-order valence-electron chi connectivity index (χ3n) is 3.28. The van der Waals surface area contributed by atoms with E-state index in [1.54, 1.807) is 53.5 Å². The standard InChI is InChI=1S/C16H14BrN3O2S/c1-20-14(15-7-10(17)9-23-15)8-13(19-20)16(21)18-11-3-5-12(22-2)6-4-11/h3-9H,1-2H3,(H,18,21). The lowest BCUT2D eigenvalue weighted by atomic mass is 10.2. The van der Waals surface area contributed by atoms with Gasteiger partial charge in [0.15, 0.2) is 5.69 Å². The molecule has 0 radical (unpaired) electrons. The molecule has 3 rings (SSSR count). The Hall–Kier alpha value is -2.12. The number of nitrogens with zero attached hydrogens (tertiary/aromatic N) is 2. The first-order chi connectivity index (χ1) is 11.1. The van der Waals surface area contributed by atoms with E-state index >= 15 is 0 Å². The third kappa shape index (κ3) is 3.46. The minimum atomic E-state index is -0.243. The third-order valence-corrected chi connectivity index (χ3v) is 4.99. The summed E-state index contributed by atoms with van der Waals surface area (Å²) in [4.78, 5) is 13.4. The average Bonchev–Trinajstić information content (AvgIpc) is 3.14. The molecule has 0 aliphatic heterocycles. The molecule has 5 nitrogen and oxygen atoms in total. The number of aryl methyl sites for hydroxylation is 1. The Morgan fingerprint density at radius 1 is 1.30 bits per heavy atom. The quantitative estimate of drug-likeness (QED) is 0.725. The topological polar surface area (TPSA) is 56.1 Å². The number of aromatic nitrogens is 2. The second-order valence-electron chi connectivity index (χ2n) is 4.85. The summed E-state index contributed by atoms with van der Waals surface area (Å²) < 4.78 is 7.82. The van der Waals surface area contributed by atoms with Gasteiger partial charge in [0.2, 0.25) is 0 Å². The van der Waals surface area contributed by atoms with Crippen LogP contribution in [0.15, 0.2) is 46.3 Å². The van der Waals surface area contributed by atoms with Gasteiger partial charge in [0.05, 0.1) is 17.7 Å². The number of thiophene rings is 1. The van der Waals surface area contributed by atoms with Gasteiger partial charge in [-0.3, -0.25) is 9.48 Å². The first-order valence-corrected chi connectivity index (χ1v) is 8.48. The van der Waals surface area contributed by atoms with Crippen LogP contribution >= 0.6 is 27.3 Å². The van der Waals surface area contributed by atoms with Gasteiger partial charge in [0.1, 0.15) is 5.75 Å². The molecule has 23 heavy (non-hydrogen) atoms. The van der Waals surface area contributed by atoms with E-state index in [2.05, 4.69) is 26.3 Å². The summed E-state index contributed by atoms with van der Waals surface area (Å²) in [5.41, 5.74) is 1.98. The molecule has 1 N–H and O–H groups in total. The highest BCUT2D eigenvalue weighted by molar-refractivity contribution is 9.10. The van der Waals surface area contributed by atoms with Crippen LogP contribution in [0.3, 0.4) is 0 Å². The summed E-state index contributed by atoms with van der Waals surface area (Å²) in [7, 11) is 3.43. The highest BCUT2D eigenvalue weighted by atomic mass is 79.9. The zero-order chi connectivity index (χ0) is 16.4. The van der Waals surface area contributed by atoms with E-state index in [4.69, 9.17) is 4.74 Å². The lowest BCUT2D eigenvalue weighted by Gasteiger charge is -2.04. The van der Waals surface area contributed by atoms with Gasteiger partial charge in [-0.1, -0.05) is 0 Å². The smallest absolute Gasteiger partial charge is 0.276 e. The second kappa shape index (κ2) is 6.55. The molecule has 0 bridgehead atoms. The van der Waals surface area contributed by atoms with Gasteiger partial charge >= 0.3 is 0 Å². The molecule has 2 aromatic heterocycles. The number of carbonyl (C=O) groups is 1. The van der Waals surface area contributed by atoms with Gasteiger partial charge in [0, 0.05) is 22.6 Å². The molecule has 0 saturated carbocycles. The van der Waals surface area contributed by atoms with Crippen molar-refractivity contribution in [2.75, 3.05) is 12.4 Å². The van der Waals surface area contributed by atoms with E-state index in [-0.39, 0.29) is 5.91 Å². The van der Waals surface area contributed by atoms with Gasteiger partial charge in [-0.25, -0.2) is 0 Å². The van der Waals surface area contributed by atoms with E-state index in [9.17, 15) is 4.79 Å². The van der Waals surface area contributed by atoms with Crippen LogP contribution in [0.4, 0.5) is 5.69 Å². The Morgan fingerprint density at radius 2 is 2.04 bits per heavy atom. The Bertz CT molecular complexity index is 839. The number of nitrogens with one attached hydrogen (secondary N) is 1. The van der Waals surface area contributed by atoms with E-state index in [0.717, 1.165) is 20.8 Å². The Labute approximate surface area is 146 Å². The van der Waals surface area contributed by atoms with Gasteiger partial charge in [-0.05, 0) is 52.3 Å². The van der Waals surface area contributed by atoms with Gasteiger partial charge < -0.3 is 10.1 Å². The van der Waals surface area contributed by atoms with Crippen molar-refractivity contribution in [2.45, 2.75) is 0 Å². The number of amides is 1. The van der Waals surface area contributed by atoms with E-state index < -0.39 is 0 Å². The molecule has 1 amide bonds. The predicted molar refractivity (Wildman–Crippen MR) is 95.2 cm³/mol. The number of methoxy groups -OCH3 is 1. The second-order valence-corrected chi connectivity index (χ2v) is 6.68. The monoisotopic (exact) mass is 391 g/mol. The lowest BCUT2D eigenvalue weighted by molar-refractivity contribution is 0.102. The van der Waals surface area contributed by atoms with E-state index in [0.29, 0.717) is 11.4 Å². The van der Waals surface area contributed by atoms with Crippen LogP contribution in [-0.2, 0) is 7.05 Å². The molecule has 0 spiro atoms. The van der Waals surface area contributed by atoms with Crippen LogP contribution in [0.1, 0.15) is 10.5 Å². The van der Waals surface area contributed by atoms with Crippen LogP contribution in [0, 0.1) is 0 Å². The average molecular weight is 392 g/mol. The van der Waals surface area contributed by atoms with Gasteiger partial charge in [-0.2, -0.15) is 5.10 Å². The molecule has 1 aromatic carbocycles. The summed E-state index contributed by atoms with van der Waals surface area (Å²) >= 11 is 5.03. The number of hydrogen-bond acceptors (Lipinski definition) is 4. The normalized spacial score (nSPS) is 10.6. The van der Waals surface area contributed by atoms with Gasteiger partial charge in [0.25, 0.3) is 5.91 Å². The fraction of sp³-hybridized carbons (Fsp3) is 0.125. The largest absolute Gasteiger partial charge is 0.497 e. The maximum absolute atomic E-state index is 12.3. The number of ether oxygens (including phenoxy) is 1. The molecule has 0 saturated heterocycles. The molecule has 3 aromatic rings. The first-order valence-electron chi connectivity index (χ1n) is 6.80. The van der Waals surface area contributed by atoms with Crippen molar-refractivity contribution in [3.63, 3.8) is 0 Å². The van der Waals surface area contributed by atoms with Crippen molar-refractivity contribution >= 4 is 38.9 Å². The van der Waals surface area contributed by atoms with Crippen molar-refractivity contribution < 1.29 is 9.53 Å². The number of hydrogen-bond donors (Lipinski definition) is 1. The lowest BCUT2D eigenvalue weighted by Crippen LogP contribution is -2.12. The summed E-state index contributed by atoms with van der Waals surface area (Å²) in [6, 6.07) is 11.0. The molecule has 2 heterocycles. The molecule has 7 heteroatoms. The van der Waals surface area contributed by atoms with Crippen LogP contribution in [0.5, 0.6) is 5.75 Å². The SMILES string of the molecule is COc1ccc(NC(=O)c2cc(-c3cc(Br)cs3)n(C)n2)cc1. The minimum absolute atomic E-state index is 0.243. The molecule has 0 unspecified atom stereocenters. The zero-order valence-electron chi connectivity index (χ0n) is 12.5. The molecular formula is C16H14BrN3O2S. The highest BCUT2D eigenvalue weighted by Gasteiger charge is 2.15. The minimum Gasteiger partial charge on any atom is -0.497 e. The fourth-order valence-corrected chi connectivity index (χ4v) is 3.60. The first kappa shape index (κ1) is 15.8. The number of halogens is 1. The molecule has 0 atom stereocenters. The van der Waals surface area contributed by atoms with Crippen molar-refractivity contribution in [3.05, 3.63) is 51.9 Å². The van der Waals surface area contributed by atoms with Crippen molar-refractivity contribution in [1.82, 2.24) is 9.78 Å². The van der Waals surface area contributed by atoms with Crippen molar-refractivity contribution in [2.24, 2.45) is 7.05 Å². The number of rotatable bonds is 4.